The maximum Gasteiger partial charge on any atom is 0.0821 e. The highest BCUT2D eigenvalue weighted by Crippen LogP contribution is 2.08. The van der Waals surface area contributed by atoms with Crippen molar-refractivity contribution in [1.29, 1.82) is 5.41 Å². The molecule has 0 bridgehead atoms. The van der Waals surface area contributed by atoms with Gasteiger partial charge in [0.05, 0.1) is 16.3 Å². The summed E-state index contributed by atoms with van der Waals surface area (Å²) in [5, 5.41) is 10.2. The first-order valence-electron chi connectivity index (χ1n) is 3.45. The van der Waals surface area contributed by atoms with Crippen LogP contribution < -0.4 is 5.32 Å². The number of rotatable bonds is 2. The summed E-state index contributed by atoms with van der Waals surface area (Å²) in [5.74, 6) is 0. The molecule has 4 heteroatoms. The molecule has 0 aromatic heterocycles. The predicted molar refractivity (Wildman–Crippen MR) is 42.8 cm³/mol. The molecule has 0 aromatic carbocycles. The van der Waals surface area contributed by atoms with Crippen molar-refractivity contribution in [2.24, 2.45) is 0 Å². The van der Waals surface area contributed by atoms with Gasteiger partial charge in [-0.1, -0.05) is 0 Å². The van der Waals surface area contributed by atoms with E-state index in [0.717, 1.165) is 31.5 Å². The first-order chi connectivity index (χ1) is 4.84. The van der Waals surface area contributed by atoms with Crippen LogP contribution in [0.1, 0.15) is 12.8 Å². The van der Waals surface area contributed by atoms with Gasteiger partial charge < -0.3 is 5.32 Å². The van der Waals surface area contributed by atoms with E-state index < -0.39 is 10.8 Å². The highest BCUT2D eigenvalue weighted by molar-refractivity contribution is 7.99. The van der Waals surface area contributed by atoms with Gasteiger partial charge in [-0.05, 0) is 25.9 Å². The van der Waals surface area contributed by atoms with E-state index in [2.05, 4.69) is 5.32 Å². The zero-order valence-electron chi connectivity index (χ0n) is 5.80. The summed E-state index contributed by atoms with van der Waals surface area (Å²) in [7, 11) is -1.01. The summed E-state index contributed by atoms with van der Waals surface area (Å²) in [5.41, 5.74) is 1.05. The van der Waals surface area contributed by atoms with Crippen molar-refractivity contribution in [3.63, 3.8) is 0 Å². The maximum absolute atomic E-state index is 11.0. The molecule has 2 N–H and O–H groups in total. The van der Waals surface area contributed by atoms with Gasteiger partial charge in [0.25, 0.3) is 0 Å². The van der Waals surface area contributed by atoms with Crippen LogP contribution in [0.4, 0.5) is 0 Å². The maximum atomic E-state index is 11.0. The number of hydrogen-bond donors (Lipinski definition) is 2. The predicted octanol–water partition coefficient (Wildman–Crippen LogP) is 0.0942. The highest BCUT2D eigenvalue weighted by Gasteiger charge is 2.17. The van der Waals surface area contributed by atoms with Gasteiger partial charge in [0.2, 0.25) is 0 Å². The summed E-state index contributed by atoms with van der Waals surface area (Å²) in [6.07, 6.45) is 1.89. The molecule has 0 aromatic rings. The van der Waals surface area contributed by atoms with Crippen molar-refractivity contribution in [2.45, 2.75) is 18.1 Å². The summed E-state index contributed by atoms with van der Waals surface area (Å²) in [6, 6.07) is 0. The number of piperidine rings is 1. The molecule has 1 atom stereocenters. The van der Waals surface area contributed by atoms with E-state index in [4.69, 9.17) is 5.41 Å². The van der Waals surface area contributed by atoms with Gasteiger partial charge in [0.1, 0.15) is 0 Å². The smallest absolute Gasteiger partial charge is 0.0821 e. The van der Waals surface area contributed by atoms with Gasteiger partial charge in [0, 0.05) is 5.25 Å². The molecule has 0 saturated carbocycles. The molecule has 0 aliphatic carbocycles. The van der Waals surface area contributed by atoms with E-state index in [1.165, 1.54) is 0 Å². The van der Waals surface area contributed by atoms with E-state index in [1.807, 2.05) is 0 Å². The van der Waals surface area contributed by atoms with Crippen LogP contribution in [-0.4, -0.2) is 28.1 Å². The van der Waals surface area contributed by atoms with Gasteiger partial charge in [-0.3, -0.25) is 9.62 Å². The molecule has 0 radical (unpaired) electrons. The van der Waals surface area contributed by atoms with Crippen molar-refractivity contribution in [3.8, 4) is 0 Å². The normalized spacial score (nSPS) is 24.0. The molecule has 58 valence electrons. The fraction of sp³-hybridized carbons (Fsp3) is 0.833. The lowest BCUT2D eigenvalue weighted by molar-refractivity contribution is 0.522. The second kappa shape index (κ2) is 3.83. The topological polar surface area (TPSA) is 53.0 Å². The third-order valence-corrected chi connectivity index (χ3v) is 3.09. The van der Waals surface area contributed by atoms with Crippen LogP contribution >= 0.6 is 0 Å². The molecule has 0 amide bonds. The van der Waals surface area contributed by atoms with Gasteiger partial charge in [-0.25, -0.2) is 0 Å². The monoisotopic (exact) mass is 160 g/mol. The lowest BCUT2D eigenvalue weighted by Gasteiger charge is -2.19. The quantitative estimate of drug-likeness (QED) is 0.444. The number of nitrogens with one attached hydrogen (secondary N) is 2. The first kappa shape index (κ1) is 7.88. The Labute approximate surface area is 63.2 Å². The Balaban J connectivity index is 2.38. The molecule has 1 fully saturated rings. The molecule has 3 nitrogen and oxygen atoms in total. The molecule has 1 aliphatic heterocycles. The van der Waals surface area contributed by atoms with E-state index in [-0.39, 0.29) is 5.25 Å². The summed E-state index contributed by atoms with van der Waals surface area (Å²) in [4.78, 5) is 0. The van der Waals surface area contributed by atoms with Crippen molar-refractivity contribution >= 4 is 16.3 Å². The lowest BCUT2D eigenvalue weighted by atomic mass is 10.2. The minimum atomic E-state index is -1.01. The Morgan fingerprint density at radius 1 is 1.50 bits per heavy atom. The molecule has 10 heavy (non-hydrogen) atoms. The summed E-state index contributed by atoms with van der Waals surface area (Å²) >= 11 is 0. The summed E-state index contributed by atoms with van der Waals surface area (Å²) < 4.78 is 11.0. The number of hydrogen-bond acceptors (Lipinski definition) is 3. The molecule has 1 rings (SSSR count). The average molecular weight is 160 g/mol. The largest absolute Gasteiger partial charge is 0.317 e. The van der Waals surface area contributed by atoms with E-state index in [1.54, 1.807) is 0 Å². The zero-order valence-corrected chi connectivity index (χ0v) is 6.62. The molecule has 1 unspecified atom stereocenters. The van der Waals surface area contributed by atoms with Gasteiger partial charge in [-0.2, -0.15) is 0 Å². The first-order valence-corrected chi connectivity index (χ1v) is 4.73. The Morgan fingerprint density at radius 3 is 2.60 bits per heavy atom. The van der Waals surface area contributed by atoms with Crippen molar-refractivity contribution in [1.82, 2.24) is 5.32 Å². The van der Waals surface area contributed by atoms with E-state index >= 15 is 0 Å². The SMILES string of the molecule is N=CS(=O)C1CCNCC1. The minimum absolute atomic E-state index is 0.235. The lowest BCUT2D eigenvalue weighted by Crippen LogP contribution is -2.33. The van der Waals surface area contributed by atoms with Crippen LogP contribution in [0.2, 0.25) is 0 Å². The van der Waals surface area contributed by atoms with Crippen LogP contribution in [-0.2, 0) is 10.8 Å². The van der Waals surface area contributed by atoms with Crippen LogP contribution in [0.5, 0.6) is 0 Å². The van der Waals surface area contributed by atoms with Crippen LogP contribution in [0.3, 0.4) is 0 Å². The van der Waals surface area contributed by atoms with E-state index in [0.29, 0.717) is 0 Å². The second-order valence-electron chi connectivity index (χ2n) is 2.40. The zero-order chi connectivity index (χ0) is 7.40. The molecule has 1 aliphatic rings. The van der Waals surface area contributed by atoms with Crippen molar-refractivity contribution in [2.75, 3.05) is 13.1 Å². The Kier molecular flexibility index (Phi) is 3.02. The fourth-order valence-corrected chi connectivity index (χ4v) is 2.02. The third-order valence-electron chi connectivity index (χ3n) is 1.73. The van der Waals surface area contributed by atoms with Crippen molar-refractivity contribution < 1.29 is 4.21 Å². The van der Waals surface area contributed by atoms with Crippen molar-refractivity contribution in [3.05, 3.63) is 0 Å². The Bertz CT molecular complexity index is 143. The van der Waals surface area contributed by atoms with Crippen LogP contribution in [0.25, 0.3) is 0 Å². The third kappa shape index (κ3) is 1.88. The van der Waals surface area contributed by atoms with Crippen LogP contribution in [0.15, 0.2) is 0 Å². The summed E-state index contributed by atoms with van der Waals surface area (Å²) in [6.45, 7) is 1.90. The minimum Gasteiger partial charge on any atom is -0.317 e. The van der Waals surface area contributed by atoms with Gasteiger partial charge >= 0.3 is 0 Å². The molecule has 0 spiro atoms. The van der Waals surface area contributed by atoms with Gasteiger partial charge in [-0.15, -0.1) is 0 Å². The molecule has 1 saturated heterocycles. The van der Waals surface area contributed by atoms with E-state index in [9.17, 15) is 4.21 Å². The standard InChI is InChI=1S/C6H12N2OS/c7-5-10(9)6-1-3-8-4-2-6/h5-8H,1-4H2. The Morgan fingerprint density at radius 2 is 2.10 bits per heavy atom. The molecular weight excluding hydrogens is 148 g/mol. The molecule has 1 heterocycles. The van der Waals surface area contributed by atoms with Gasteiger partial charge in [0.15, 0.2) is 0 Å². The molecular formula is C6H12N2OS. The second-order valence-corrected chi connectivity index (χ2v) is 3.96. The van der Waals surface area contributed by atoms with Crippen LogP contribution in [0, 0.1) is 5.41 Å². The Hall–Kier alpha value is -0.220. The fourth-order valence-electron chi connectivity index (χ4n) is 1.12. The average Bonchev–Trinajstić information content (AvgIpc) is 2.05. The highest BCUT2D eigenvalue weighted by atomic mass is 32.2.